The molecule has 0 aliphatic carbocycles. The minimum atomic E-state index is -0.414. The molecule has 1 aromatic carbocycles. The molecule has 2 aliphatic heterocycles. The fourth-order valence-electron chi connectivity index (χ4n) is 3.31. The molecule has 2 fully saturated rings. The van der Waals surface area contributed by atoms with E-state index in [4.69, 9.17) is 11.6 Å². The van der Waals surface area contributed by atoms with Crippen LogP contribution in [0.25, 0.3) is 0 Å². The van der Waals surface area contributed by atoms with Gasteiger partial charge in [0.15, 0.2) is 0 Å². The molecule has 1 amide bonds. The van der Waals surface area contributed by atoms with Crippen LogP contribution in [0.3, 0.4) is 0 Å². The highest BCUT2D eigenvalue weighted by Crippen LogP contribution is 2.39. The normalized spacial score (nSPS) is 21.4. The largest absolute Gasteiger partial charge is 0.338 e. The number of benzene rings is 1. The van der Waals surface area contributed by atoms with E-state index >= 15 is 0 Å². The first-order chi connectivity index (χ1) is 9.60. The molecule has 2 heterocycles. The van der Waals surface area contributed by atoms with Gasteiger partial charge in [-0.15, -0.1) is 0 Å². The molecule has 0 aromatic heterocycles. The minimum Gasteiger partial charge on any atom is -0.338 e. The maximum absolute atomic E-state index is 13.1. The number of nitrogens with zero attached hydrogens (tertiary/aromatic N) is 1. The van der Waals surface area contributed by atoms with Crippen molar-refractivity contribution in [2.75, 3.05) is 26.2 Å². The van der Waals surface area contributed by atoms with E-state index in [2.05, 4.69) is 5.32 Å². The summed E-state index contributed by atoms with van der Waals surface area (Å²) in [6, 6.07) is 3.97. The van der Waals surface area contributed by atoms with E-state index in [0.717, 1.165) is 45.4 Å². The van der Waals surface area contributed by atoms with Crippen molar-refractivity contribution in [3.63, 3.8) is 0 Å². The Labute approximate surface area is 123 Å². The maximum Gasteiger partial charge on any atom is 0.255 e. The lowest BCUT2D eigenvalue weighted by molar-refractivity contribution is 0.0762. The zero-order chi connectivity index (χ0) is 14.2. The van der Waals surface area contributed by atoms with Crippen molar-refractivity contribution >= 4 is 17.5 Å². The van der Waals surface area contributed by atoms with Gasteiger partial charge >= 0.3 is 0 Å². The zero-order valence-corrected chi connectivity index (χ0v) is 12.0. The second-order valence-electron chi connectivity index (χ2n) is 5.85. The van der Waals surface area contributed by atoms with Crippen LogP contribution in [0.15, 0.2) is 18.2 Å². The third-order valence-corrected chi connectivity index (χ3v) is 4.86. The van der Waals surface area contributed by atoms with Crippen molar-refractivity contribution in [2.24, 2.45) is 5.41 Å². The molecule has 20 heavy (non-hydrogen) atoms. The fourth-order valence-corrected chi connectivity index (χ4v) is 3.56. The second kappa shape index (κ2) is 5.34. The number of carbonyl (C=O) groups is 1. The Morgan fingerprint density at radius 2 is 2.05 bits per heavy atom. The van der Waals surface area contributed by atoms with Crippen LogP contribution in [-0.4, -0.2) is 37.0 Å². The van der Waals surface area contributed by atoms with Gasteiger partial charge in [-0.05, 0) is 56.0 Å². The lowest BCUT2D eigenvalue weighted by Crippen LogP contribution is -2.39. The van der Waals surface area contributed by atoms with Crippen LogP contribution in [0.4, 0.5) is 4.39 Å². The van der Waals surface area contributed by atoms with Crippen LogP contribution in [0, 0.1) is 11.2 Å². The summed E-state index contributed by atoms with van der Waals surface area (Å²) >= 11 is 5.98. The van der Waals surface area contributed by atoms with E-state index in [0.29, 0.717) is 5.56 Å². The zero-order valence-electron chi connectivity index (χ0n) is 11.3. The van der Waals surface area contributed by atoms with Gasteiger partial charge < -0.3 is 10.2 Å². The average molecular weight is 297 g/mol. The van der Waals surface area contributed by atoms with Gasteiger partial charge in [0.25, 0.3) is 5.91 Å². The molecule has 108 valence electrons. The van der Waals surface area contributed by atoms with Gasteiger partial charge in [-0.2, -0.15) is 0 Å². The van der Waals surface area contributed by atoms with Gasteiger partial charge in [0.1, 0.15) is 5.82 Å². The van der Waals surface area contributed by atoms with Gasteiger partial charge in [0.2, 0.25) is 0 Å². The van der Waals surface area contributed by atoms with Crippen molar-refractivity contribution in [3.8, 4) is 0 Å². The summed E-state index contributed by atoms with van der Waals surface area (Å²) in [7, 11) is 0. The van der Waals surface area contributed by atoms with E-state index in [-0.39, 0.29) is 16.3 Å². The second-order valence-corrected chi connectivity index (χ2v) is 6.26. The fraction of sp³-hybridized carbons (Fsp3) is 0.533. The molecule has 0 radical (unpaired) electrons. The van der Waals surface area contributed by atoms with Crippen molar-refractivity contribution in [1.82, 2.24) is 10.2 Å². The number of amides is 1. The third kappa shape index (κ3) is 2.54. The summed E-state index contributed by atoms with van der Waals surface area (Å²) in [6.07, 6.45) is 3.29. The lowest BCUT2D eigenvalue weighted by atomic mass is 9.78. The molecule has 3 nitrogen and oxygen atoms in total. The summed E-state index contributed by atoms with van der Waals surface area (Å²) in [5, 5.41) is 3.56. The Morgan fingerprint density at radius 1 is 1.30 bits per heavy atom. The van der Waals surface area contributed by atoms with Crippen LogP contribution in [0.2, 0.25) is 5.02 Å². The lowest BCUT2D eigenvalue weighted by Gasteiger charge is -2.33. The number of piperidine rings is 1. The molecular weight excluding hydrogens is 279 g/mol. The molecular formula is C15H18ClFN2O. The van der Waals surface area contributed by atoms with Crippen LogP contribution in [0.5, 0.6) is 0 Å². The first-order valence-corrected chi connectivity index (χ1v) is 7.43. The molecule has 5 heteroatoms. The first kappa shape index (κ1) is 13.8. The highest BCUT2D eigenvalue weighted by Gasteiger charge is 2.40. The van der Waals surface area contributed by atoms with Crippen molar-refractivity contribution in [1.29, 1.82) is 0 Å². The SMILES string of the molecule is O=C(c1ccc(F)cc1Cl)N1CCC2(CCNCC2)C1. The van der Waals surface area contributed by atoms with Gasteiger partial charge in [0, 0.05) is 13.1 Å². The molecule has 1 aromatic rings. The van der Waals surface area contributed by atoms with Gasteiger partial charge in [-0.25, -0.2) is 4.39 Å². The standard InChI is InChI=1S/C15H18ClFN2O/c16-13-9-11(17)1-2-12(13)14(20)19-8-5-15(10-19)3-6-18-7-4-15/h1-2,9,18H,3-8,10H2. The van der Waals surface area contributed by atoms with Gasteiger partial charge in [0.05, 0.1) is 10.6 Å². The summed E-state index contributed by atoms with van der Waals surface area (Å²) in [5.41, 5.74) is 0.673. The maximum atomic E-state index is 13.1. The molecule has 0 unspecified atom stereocenters. The van der Waals surface area contributed by atoms with E-state index in [1.165, 1.54) is 18.2 Å². The van der Waals surface area contributed by atoms with E-state index in [9.17, 15) is 9.18 Å². The Hall–Kier alpha value is -1.13. The Balaban J connectivity index is 1.75. The Morgan fingerprint density at radius 3 is 2.75 bits per heavy atom. The number of rotatable bonds is 1. The molecule has 0 bridgehead atoms. The minimum absolute atomic E-state index is 0.0783. The molecule has 2 aliphatic rings. The number of carbonyl (C=O) groups excluding carboxylic acids is 1. The first-order valence-electron chi connectivity index (χ1n) is 7.05. The highest BCUT2D eigenvalue weighted by molar-refractivity contribution is 6.33. The predicted octanol–water partition coefficient (Wildman–Crippen LogP) is 2.69. The van der Waals surface area contributed by atoms with Crippen LogP contribution < -0.4 is 5.32 Å². The quantitative estimate of drug-likeness (QED) is 0.864. The van der Waals surface area contributed by atoms with Gasteiger partial charge in [-0.3, -0.25) is 4.79 Å². The number of hydrogen-bond donors (Lipinski definition) is 1. The van der Waals surface area contributed by atoms with E-state index in [1.807, 2.05) is 4.90 Å². The van der Waals surface area contributed by atoms with Crippen LogP contribution >= 0.6 is 11.6 Å². The molecule has 1 N–H and O–H groups in total. The Kier molecular flexibility index (Phi) is 3.69. The van der Waals surface area contributed by atoms with E-state index < -0.39 is 5.82 Å². The summed E-state index contributed by atoms with van der Waals surface area (Å²) < 4.78 is 13.1. The molecule has 0 saturated carbocycles. The van der Waals surface area contributed by atoms with Gasteiger partial charge in [-0.1, -0.05) is 11.6 Å². The van der Waals surface area contributed by atoms with E-state index in [1.54, 1.807) is 0 Å². The van der Waals surface area contributed by atoms with Crippen molar-refractivity contribution in [2.45, 2.75) is 19.3 Å². The van der Waals surface area contributed by atoms with Crippen LogP contribution in [-0.2, 0) is 0 Å². The highest BCUT2D eigenvalue weighted by atomic mass is 35.5. The molecule has 0 atom stereocenters. The van der Waals surface area contributed by atoms with Crippen molar-refractivity contribution in [3.05, 3.63) is 34.6 Å². The number of likely N-dealkylation sites (tertiary alicyclic amines) is 1. The topological polar surface area (TPSA) is 32.3 Å². The Bertz CT molecular complexity index is 529. The van der Waals surface area contributed by atoms with Crippen molar-refractivity contribution < 1.29 is 9.18 Å². The summed E-state index contributed by atoms with van der Waals surface area (Å²) in [4.78, 5) is 14.4. The monoisotopic (exact) mass is 296 g/mol. The number of hydrogen-bond acceptors (Lipinski definition) is 2. The third-order valence-electron chi connectivity index (χ3n) is 4.55. The molecule has 1 spiro atoms. The summed E-state index contributed by atoms with van der Waals surface area (Å²) in [5.74, 6) is -0.492. The molecule has 2 saturated heterocycles. The smallest absolute Gasteiger partial charge is 0.255 e. The average Bonchev–Trinajstić information content (AvgIpc) is 2.83. The number of nitrogens with one attached hydrogen (secondary N) is 1. The molecule has 3 rings (SSSR count). The summed E-state index contributed by atoms with van der Waals surface area (Å²) in [6.45, 7) is 3.62. The number of halogens is 2. The van der Waals surface area contributed by atoms with Crippen LogP contribution in [0.1, 0.15) is 29.6 Å². The predicted molar refractivity (Wildman–Crippen MR) is 76.5 cm³/mol.